The van der Waals surface area contributed by atoms with Gasteiger partial charge in [0, 0.05) is 30.4 Å². The Labute approximate surface area is 124 Å². The number of hydrogen-bond acceptors (Lipinski definition) is 3. The third-order valence-corrected chi connectivity index (χ3v) is 3.64. The number of hydrogen-bond donors (Lipinski definition) is 1. The quantitative estimate of drug-likeness (QED) is 0.829. The fourth-order valence-electron chi connectivity index (χ4n) is 2.02. The molecule has 0 unspecified atom stereocenters. The van der Waals surface area contributed by atoms with Gasteiger partial charge in [0.25, 0.3) is 0 Å². The van der Waals surface area contributed by atoms with Crippen LogP contribution in [0, 0.1) is 5.92 Å². The van der Waals surface area contributed by atoms with E-state index >= 15 is 0 Å². The second kappa shape index (κ2) is 7.88. The van der Waals surface area contributed by atoms with Crippen molar-refractivity contribution in [3.8, 4) is 0 Å². The molecule has 0 fully saturated rings. The molecule has 1 atom stereocenters. The molecule has 1 rings (SSSR count). The molecule has 0 spiro atoms. The molecule has 0 aliphatic carbocycles. The first-order valence-electron chi connectivity index (χ1n) is 6.67. The molecular formula is C15H24BrNO2. The third-order valence-electron chi connectivity index (χ3n) is 2.95. The van der Waals surface area contributed by atoms with E-state index in [1.807, 2.05) is 6.07 Å². The first-order valence-corrected chi connectivity index (χ1v) is 7.46. The van der Waals surface area contributed by atoms with Crippen molar-refractivity contribution in [2.75, 3.05) is 31.7 Å². The Morgan fingerprint density at radius 1 is 1.32 bits per heavy atom. The van der Waals surface area contributed by atoms with E-state index in [9.17, 15) is 5.11 Å². The van der Waals surface area contributed by atoms with Crippen LogP contribution in [0.4, 0.5) is 5.69 Å². The summed E-state index contributed by atoms with van der Waals surface area (Å²) in [6, 6.07) is 6.11. The normalized spacial score (nSPS) is 12.8. The predicted octanol–water partition coefficient (Wildman–Crippen LogP) is 3.61. The second-order valence-corrected chi connectivity index (χ2v) is 6.07. The van der Waals surface area contributed by atoms with Crippen LogP contribution in [0.25, 0.3) is 0 Å². The van der Waals surface area contributed by atoms with Crippen LogP contribution in [0.15, 0.2) is 22.7 Å². The average Bonchev–Trinajstić information content (AvgIpc) is 2.33. The molecule has 19 heavy (non-hydrogen) atoms. The van der Waals surface area contributed by atoms with Crippen LogP contribution in [0.2, 0.25) is 0 Å². The summed E-state index contributed by atoms with van der Waals surface area (Å²) in [7, 11) is 1.72. The lowest BCUT2D eigenvalue weighted by atomic mass is 10.1. The van der Waals surface area contributed by atoms with Crippen molar-refractivity contribution in [2.24, 2.45) is 5.92 Å². The van der Waals surface area contributed by atoms with E-state index < -0.39 is 6.10 Å². The number of aliphatic hydroxyl groups excluding tert-OH is 1. The standard InChI is InChI=1S/C15H24BrNO2/c1-11(2)10-17(7-8-19-4)13-5-6-14(12(3)18)15(16)9-13/h5-6,9,11-12,18H,7-8,10H2,1-4H3/t12-/m1/s1. The van der Waals surface area contributed by atoms with Gasteiger partial charge in [-0.25, -0.2) is 0 Å². The average molecular weight is 330 g/mol. The molecular weight excluding hydrogens is 306 g/mol. The molecule has 0 radical (unpaired) electrons. The highest BCUT2D eigenvalue weighted by Crippen LogP contribution is 2.28. The van der Waals surface area contributed by atoms with Crippen LogP contribution < -0.4 is 4.90 Å². The van der Waals surface area contributed by atoms with Crippen molar-refractivity contribution in [3.05, 3.63) is 28.2 Å². The molecule has 4 heteroatoms. The lowest BCUT2D eigenvalue weighted by molar-refractivity contribution is 0.198. The van der Waals surface area contributed by atoms with E-state index in [0.29, 0.717) is 12.5 Å². The third kappa shape index (κ3) is 5.13. The summed E-state index contributed by atoms with van der Waals surface area (Å²) in [5.74, 6) is 0.590. The van der Waals surface area contributed by atoms with E-state index in [1.165, 1.54) is 0 Å². The number of nitrogens with zero attached hydrogens (tertiary/aromatic N) is 1. The maximum atomic E-state index is 9.66. The highest BCUT2D eigenvalue weighted by molar-refractivity contribution is 9.10. The zero-order valence-electron chi connectivity index (χ0n) is 12.2. The van der Waals surface area contributed by atoms with Crippen molar-refractivity contribution < 1.29 is 9.84 Å². The second-order valence-electron chi connectivity index (χ2n) is 5.21. The highest BCUT2D eigenvalue weighted by Gasteiger charge is 2.12. The summed E-state index contributed by atoms with van der Waals surface area (Å²) in [4.78, 5) is 2.31. The lowest BCUT2D eigenvalue weighted by Gasteiger charge is -2.27. The molecule has 0 saturated carbocycles. The molecule has 1 aromatic rings. The summed E-state index contributed by atoms with van der Waals surface area (Å²) in [6.45, 7) is 8.76. The van der Waals surface area contributed by atoms with Crippen molar-refractivity contribution in [3.63, 3.8) is 0 Å². The SMILES string of the molecule is COCCN(CC(C)C)c1ccc([C@@H](C)O)c(Br)c1. The zero-order chi connectivity index (χ0) is 14.4. The van der Waals surface area contributed by atoms with Crippen LogP contribution >= 0.6 is 15.9 Å². The Morgan fingerprint density at radius 3 is 2.47 bits per heavy atom. The largest absolute Gasteiger partial charge is 0.389 e. The minimum atomic E-state index is -0.457. The Morgan fingerprint density at radius 2 is 2.00 bits per heavy atom. The highest BCUT2D eigenvalue weighted by atomic mass is 79.9. The van der Waals surface area contributed by atoms with Gasteiger partial charge in [0.15, 0.2) is 0 Å². The van der Waals surface area contributed by atoms with Crippen LogP contribution in [0.5, 0.6) is 0 Å². The minimum Gasteiger partial charge on any atom is -0.389 e. The summed E-state index contributed by atoms with van der Waals surface area (Å²) >= 11 is 3.53. The molecule has 108 valence electrons. The number of aliphatic hydroxyl groups is 1. The number of rotatable bonds is 7. The fraction of sp³-hybridized carbons (Fsp3) is 0.600. The van der Waals surface area contributed by atoms with E-state index in [2.05, 4.69) is 46.8 Å². The summed E-state index contributed by atoms with van der Waals surface area (Å²) in [5.41, 5.74) is 2.07. The maximum absolute atomic E-state index is 9.66. The Hall–Kier alpha value is -0.580. The topological polar surface area (TPSA) is 32.7 Å². The number of ether oxygens (including phenoxy) is 1. The van der Waals surface area contributed by atoms with Gasteiger partial charge in [-0.2, -0.15) is 0 Å². The summed E-state index contributed by atoms with van der Waals surface area (Å²) < 4.78 is 6.12. The van der Waals surface area contributed by atoms with Gasteiger partial charge in [0.05, 0.1) is 12.7 Å². The maximum Gasteiger partial charge on any atom is 0.0772 e. The predicted molar refractivity (Wildman–Crippen MR) is 83.7 cm³/mol. The lowest BCUT2D eigenvalue weighted by Crippen LogP contribution is -2.31. The summed E-state index contributed by atoms with van der Waals surface area (Å²) in [5, 5.41) is 9.66. The van der Waals surface area contributed by atoms with Crippen molar-refractivity contribution in [2.45, 2.75) is 26.9 Å². The number of methoxy groups -OCH3 is 1. The first kappa shape index (κ1) is 16.5. The van der Waals surface area contributed by atoms with E-state index in [4.69, 9.17) is 4.74 Å². The van der Waals surface area contributed by atoms with Gasteiger partial charge in [0.2, 0.25) is 0 Å². The van der Waals surface area contributed by atoms with Gasteiger partial charge >= 0.3 is 0 Å². The molecule has 0 bridgehead atoms. The molecule has 3 nitrogen and oxygen atoms in total. The Balaban J connectivity index is 2.92. The van der Waals surface area contributed by atoms with Gasteiger partial charge in [-0.15, -0.1) is 0 Å². The monoisotopic (exact) mass is 329 g/mol. The zero-order valence-corrected chi connectivity index (χ0v) is 13.8. The van der Waals surface area contributed by atoms with Gasteiger partial charge in [-0.3, -0.25) is 0 Å². The molecule has 0 aliphatic heterocycles. The van der Waals surface area contributed by atoms with Crippen LogP contribution in [0.1, 0.15) is 32.4 Å². The van der Waals surface area contributed by atoms with E-state index in [0.717, 1.165) is 28.8 Å². The molecule has 0 aromatic heterocycles. The fourth-order valence-corrected chi connectivity index (χ4v) is 2.72. The smallest absolute Gasteiger partial charge is 0.0772 e. The molecule has 1 N–H and O–H groups in total. The molecule has 1 aromatic carbocycles. The number of halogens is 1. The molecule has 0 amide bonds. The van der Waals surface area contributed by atoms with Gasteiger partial charge in [-0.1, -0.05) is 35.8 Å². The van der Waals surface area contributed by atoms with Gasteiger partial charge in [-0.05, 0) is 30.5 Å². The van der Waals surface area contributed by atoms with Crippen LogP contribution in [-0.2, 0) is 4.74 Å². The van der Waals surface area contributed by atoms with Gasteiger partial charge < -0.3 is 14.7 Å². The van der Waals surface area contributed by atoms with Gasteiger partial charge in [0.1, 0.15) is 0 Å². The Kier molecular flexibility index (Phi) is 6.83. The van der Waals surface area contributed by atoms with Crippen LogP contribution in [-0.4, -0.2) is 31.9 Å². The number of benzene rings is 1. The molecule has 0 heterocycles. The van der Waals surface area contributed by atoms with Crippen molar-refractivity contribution in [1.29, 1.82) is 0 Å². The van der Waals surface area contributed by atoms with Crippen molar-refractivity contribution >= 4 is 21.6 Å². The minimum absolute atomic E-state index is 0.457. The first-order chi connectivity index (χ1) is 8.95. The molecule has 0 aliphatic rings. The van der Waals surface area contributed by atoms with Crippen molar-refractivity contribution in [1.82, 2.24) is 0 Å². The van der Waals surface area contributed by atoms with Crippen LogP contribution in [0.3, 0.4) is 0 Å². The summed E-state index contributed by atoms with van der Waals surface area (Å²) in [6.07, 6.45) is -0.457. The van der Waals surface area contributed by atoms with E-state index in [1.54, 1.807) is 14.0 Å². The van der Waals surface area contributed by atoms with E-state index in [-0.39, 0.29) is 0 Å². The number of anilines is 1. The molecule has 0 saturated heterocycles. The Bertz CT molecular complexity index is 394.